The van der Waals surface area contributed by atoms with Crippen molar-refractivity contribution in [3.05, 3.63) is 70.9 Å². The first kappa shape index (κ1) is 20.3. The molecule has 0 aromatic rings. The zero-order valence-electron chi connectivity index (χ0n) is 15.5. The molecule has 132 valence electrons. The second-order valence-corrected chi connectivity index (χ2v) is 6.58. The van der Waals surface area contributed by atoms with E-state index in [1.54, 1.807) is 6.92 Å². The molecule has 1 atom stereocenters. The van der Waals surface area contributed by atoms with Crippen molar-refractivity contribution in [2.45, 2.75) is 59.8 Å². The average molecular weight is 332 g/mol. The number of rotatable bonds is 8. The minimum absolute atomic E-state index is 0.138. The largest absolute Gasteiger partial charge is 0.203 e. The predicted molar refractivity (Wildman–Crippen MR) is 101 cm³/mol. The van der Waals surface area contributed by atoms with Crippen molar-refractivity contribution in [3.63, 3.8) is 0 Å². The SMILES string of the molecule is C=C(CC)/C(F)=C(/F)C(=C)C1=CC=C(/C(C)=C/CC(C)CC)CC1. The van der Waals surface area contributed by atoms with Gasteiger partial charge in [0.05, 0.1) is 0 Å². The maximum atomic E-state index is 14.2. The molecule has 0 N–H and O–H groups in total. The summed E-state index contributed by atoms with van der Waals surface area (Å²) >= 11 is 0. The smallest absolute Gasteiger partial charge is 0.165 e. The van der Waals surface area contributed by atoms with Crippen molar-refractivity contribution in [1.82, 2.24) is 0 Å². The minimum atomic E-state index is -0.881. The first-order valence-corrected chi connectivity index (χ1v) is 8.81. The minimum Gasteiger partial charge on any atom is -0.203 e. The van der Waals surface area contributed by atoms with Crippen LogP contribution in [0.15, 0.2) is 70.9 Å². The van der Waals surface area contributed by atoms with E-state index < -0.39 is 11.7 Å². The van der Waals surface area contributed by atoms with Crippen molar-refractivity contribution in [2.24, 2.45) is 5.92 Å². The van der Waals surface area contributed by atoms with Gasteiger partial charge in [0.25, 0.3) is 0 Å². The third-order valence-corrected chi connectivity index (χ3v) is 4.76. The molecule has 0 aromatic carbocycles. The van der Waals surface area contributed by atoms with Crippen molar-refractivity contribution in [1.29, 1.82) is 0 Å². The summed E-state index contributed by atoms with van der Waals surface area (Å²) in [5.41, 5.74) is 3.60. The molecule has 2 heteroatoms. The van der Waals surface area contributed by atoms with Gasteiger partial charge in [0.1, 0.15) is 0 Å². The highest BCUT2D eigenvalue weighted by Gasteiger charge is 2.17. The van der Waals surface area contributed by atoms with Crippen LogP contribution in [0.2, 0.25) is 0 Å². The molecule has 1 aliphatic carbocycles. The van der Waals surface area contributed by atoms with Crippen molar-refractivity contribution in [2.75, 3.05) is 0 Å². The van der Waals surface area contributed by atoms with Crippen LogP contribution in [0.1, 0.15) is 59.8 Å². The Morgan fingerprint density at radius 2 is 1.71 bits per heavy atom. The Labute approximate surface area is 146 Å². The van der Waals surface area contributed by atoms with Gasteiger partial charge in [0.2, 0.25) is 0 Å². The molecule has 0 bridgehead atoms. The van der Waals surface area contributed by atoms with Gasteiger partial charge >= 0.3 is 0 Å². The van der Waals surface area contributed by atoms with Crippen LogP contribution in [0.5, 0.6) is 0 Å². The lowest BCUT2D eigenvalue weighted by Crippen LogP contribution is -2.00. The highest BCUT2D eigenvalue weighted by molar-refractivity contribution is 5.50. The molecule has 0 aromatic heterocycles. The normalized spacial score (nSPS) is 17.7. The fraction of sp³-hybridized carbons (Fsp3) is 0.455. The maximum absolute atomic E-state index is 14.2. The molecule has 0 aliphatic heterocycles. The van der Waals surface area contributed by atoms with Gasteiger partial charge in [-0.3, -0.25) is 0 Å². The summed E-state index contributed by atoms with van der Waals surface area (Å²) in [5, 5.41) is 0. The lowest BCUT2D eigenvalue weighted by molar-refractivity contribution is 0.552. The lowest BCUT2D eigenvalue weighted by Gasteiger charge is -2.17. The Kier molecular flexibility index (Phi) is 8.10. The van der Waals surface area contributed by atoms with E-state index in [0.717, 1.165) is 18.4 Å². The fourth-order valence-electron chi connectivity index (χ4n) is 2.48. The van der Waals surface area contributed by atoms with Crippen LogP contribution in [0.3, 0.4) is 0 Å². The molecule has 0 saturated carbocycles. The predicted octanol–water partition coefficient (Wildman–Crippen LogP) is 7.69. The van der Waals surface area contributed by atoms with E-state index in [9.17, 15) is 8.78 Å². The summed E-state index contributed by atoms with van der Waals surface area (Å²) in [6.45, 7) is 15.6. The molecule has 0 radical (unpaired) electrons. The summed E-state index contributed by atoms with van der Waals surface area (Å²) in [6, 6.07) is 0. The Bertz CT molecular complexity index is 612. The average Bonchev–Trinajstić information content (AvgIpc) is 2.63. The van der Waals surface area contributed by atoms with Crippen LogP contribution >= 0.6 is 0 Å². The summed E-state index contributed by atoms with van der Waals surface area (Å²) < 4.78 is 28.1. The third kappa shape index (κ3) is 5.43. The zero-order valence-corrected chi connectivity index (χ0v) is 15.5. The maximum Gasteiger partial charge on any atom is 0.165 e. The number of allylic oxidation sites excluding steroid dienone is 10. The van der Waals surface area contributed by atoms with Gasteiger partial charge in [-0.15, -0.1) is 0 Å². The molecule has 0 spiro atoms. The van der Waals surface area contributed by atoms with Gasteiger partial charge in [-0.25, -0.2) is 8.78 Å². The summed E-state index contributed by atoms with van der Waals surface area (Å²) in [6.07, 6.45) is 10.3. The lowest BCUT2D eigenvalue weighted by atomic mass is 9.89. The van der Waals surface area contributed by atoms with Crippen molar-refractivity contribution in [3.8, 4) is 0 Å². The van der Waals surface area contributed by atoms with Gasteiger partial charge in [-0.1, -0.05) is 64.2 Å². The van der Waals surface area contributed by atoms with Crippen LogP contribution in [-0.4, -0.2) is 0 Å². The van der Waals surface area contributed by atoms with Crippen molar-refractivity contribution >= 4 is 0 Å². The van der Waals surface area contributed by atoms with Crippen LogP contribution in [0.25, 0.3) is 0 Å². The Hall–Kier alpha value is -1.70. The third-order valence-electron chi connectivity index (χ3n) is 4.76. The molecule has 0 nitrogen and oxygen atoms in total. The zero-order chi connectivity index (χ0) is 18.3. The summed E-state index contributed by atoms with van der Waals surface area (Å²) in [4.78, 5) is 0. The first-order valence-electron chi connectivity index (χ1n) is 8.81. The quantitative estimate of drug-likeness (QED) is 0.400. The number of halogens is 2. The molecular weight excluding hydrogens is 302 g/mol. The molecule has 0 amide bonds. The van der Waals surface area contributed by atoms with E-state index in [0.29, 0.717) is 18.8 Å². The van der Waals surface area contributed by atoms with Gasteiger partial charge in [-0.2, -0.15) is 0 Å². The van der Waals surface area contributed by atoms with E-state index in [2.05, 4.69) is 40.0 Å². The topological polar surface area (TPSA) is 0 Å². The monoisotopic (exact) mass is 332 g/mol. The number of hydrogen-bond acceptors (Lipinski definition) is 0. The molecule has 1 unspecified atom stereocenters. The van der Waals surface area contributed by atoms with Gasteiger partial charge in [0, 0.05) is 5.57 Å². The second-order valence-electron chi connectivity index (χ2n) is 6.58. The molecule has 1 rings (SSSR count). The second kappa shape index (κ2) is 9.56. The molecule has 0 saturated heterocycles. The van der Waals surface area contributed by atoms with Crippen LogP contribution in [-0.2, 0) is 0 Å². The van der Waals surface area contributed by atoms with Crippen LogP contribution in [0.4, 0.5) is 8.78 Å². The Morgan fingerprint density at radius 3 is 2.21 bits per heavy atom. The number of hydrogen-bond donors (Lipinski definition) is 0. The van der Waals surface area contributed by atoms with Crippen molar-refractivity contribution < 1.29 is 8.78 Å². The van der Waals surface area contributed by atoms with E-state index in [1.165, 1.54) is 17.6 Å². The molecule has 0 fully saturated rings. The highest BCUT2D eigenvalue weighted by atomic mass is 19.2. The van der Waals surface area contributed by atoms with E-state index >= 15 is 0 Å². The molecule has 0 heterocycles. The van der Waals surface area contributed by atoms with Crippen LogP contribution < -0.4 is 0 Å². The van der Waals surface area contributed by atoms with E-state index in [1.807, 2.05) is 12.2 Å². The van der Waals surface area contributed by atoms with Crippen LogP contribution in [0, 0.1) is 5.92 Å². The molecule has 1 aliphatic rings. The molecular formula is C22H30F2. The first-order chi connectivity index (χ1) is 11.3. The summed E-state index contributed by atoms with van der Waals surface area (Å²) in [7, 11) is 0. The van der Waals surface area contributed by atoms with Gasteiger partial charge < -0.3 is 0 Å². The standard InChI is InChI=1S/C22H30F2/c1-7-15(3)9-10-17(5)19-11-13-20(14-12-19)18(6)22(24)21(23)16(4)8-2/h10-11,13,15H,4,6-9,12,14H2,1-3,5H3/b17-10+,22-21-. The Morgan fingerprint density at radius 1 is 1.12 bits per heavy atom. The van der Waals surface area contributed by atoms with Gasteiger partial charge in [0.15, 0.2) is 11.7 Å². The fourth-order valence-corrected chi connectivity index (χ4v) is 2.48. The Balaban J connectivity index is 2.89. The van der Waals surface area contributed by atoms with Gasteiger partial charge in [-0.05, 0) is 55.2 Å². The summed E-state index contributed by atoms with van der Waals surface area (Å²) in [5.74, 6) is -1.07. The molecule has 24 heavy (non-hydrogen) atoms. The van der Waals surface area contributed by atoms with E-state index in [4.69, 9.17) is 0 Å². The van der Waals surface area contributed by atoms with E-state index in [-0.39, 0.29) is 11.1 Å². The highest BCUT2D eigenvalue weighted by Crippen LogP contribution is 2.33.